The largest absolute Gasteiger partial charge is 0.406 e. The number of hydrogen-bond donors (Lipinski definition) is 4. The molecule has 12 heavy (non-hydrogen) atoms. The molecular formula is C5H8B2O5. The first-order valence-corrected chi connectivity index (χ1v) is 3.34. The highest BCUT2D eigenvalue weighted by Crippen LogP contribution is 2.24. The first kappa shape index (κ1) is 10.0. The Kier molecular flexibility index (Phi) is 2.51. The van der Waals surface area contributed by atoms with Crippen LogP contribution in [0.5, 0.6) is 0 Å². The molecule has 4 atom stereocenters. The van der Waals surface area contributed by atoms with Crippen molar-refractivity contribution in [1.82, 2.24) is 0 Å². The van der Waals surface area contributed by atoms with Gasteiger partial charge in [-0.05, 0) is 0 Å². The second-order valence-electron chi connectivity index (χ2n) is 2.82. The molecule has 0 spiro atoms. The van der Waals surface area contributed by atoms with Gasteiger partial charge in [0.1, 0.15) is 34.0 Å². The molecule has 3 unspecified atom stereocenters. The van der Waals surface area contributed by atoms with E-state index < -0.39 is 30.0 Å². The van der Waals surface area contributed by atoms with Crippen molar-refractivity contribution in [2.24, 2.45) is 0 Å². The van der Waals surface area contributed by atoms with Crippen LogP contribution in [0.25, 0.3) is 0 Å². The van der Waals surface area contributed by atoms with Crippen molar-refractivity contribution in [2.75, 3.05) is 0 Å². The summed E-state index contributed by atoms with van der Waals surface area (Å²) in [6, 6.07) is 0. The monoisotopic (exact) mass is 170 g/mol. The van der Waals surface area contributed by atoms with Crippen LogP contribution < -0.4 is 0 Å². The molecule has 7 heteroatoms. The molecule has 1 fully saturated rings. The van der Waals surface area contributed by atoms with Gasteiger partial charge in [-0.1, -0.05) is 0 Å². The zero-order valence-electron chi connectivity index (χ0n) is 6.16. The lowest BCUT2D eigenvalue weighted by atomic mass is 9.61. The first-order chi connectivity index (χ1) is 5.34. The summed E-state index contributed by atoms with van der Waals surface area (Å²) in [5.74, 6) is 0. The fourth-order valence-electron chi connectivity index (χ4n) is 1.04. The fourth-order valence-corrected chi connectivity index (χ4v) is 1.04. The molecule has 0 amide bonds. The summed E-state index contributed by atoms with van der Waals surface area (Å²) in [6.07, 6.45) is -5.99. The lowest BCUT2D eigenvalue weighted by Crippen LogP contribution is -2.50. The number of aliphatic hydroxyl groups is 4. The molecular weight excluding hydrogens is 162 g/mol. The van der Waals surface area contributed by atoms with E-state index in [1.807, 2.05) is 0 Å². The van der Waals surface area contributed by atoms with Gasteiger partial charge in [0.15, 0.2) is 6.29 Å². The first-order valence-electron chi connectivity index (χ1n) is 3.34. The van der Waals surface area contributed by atoms with Gasteiger partial charge in [-0.25, -0.2) is 0 Å². The molecule has 4 N–H and O–H groups in total. The quantitative estimate of drug-likeness (QED) is 0.305. The van der Waals surface area contributed by atoms with Gasteiger partial charge >= 0.3 is 0 Å². The van der Waals surface area contributed by atoms with Gasteiger partial charge in [0.25, 0.3) is 0 Å². The van der Waals surface area contributed by atoms with Crippen LogP contribution in [0.3, 0.4) is 0 Å². The molecule has 1 aliphatic rings. The van der Waals surface area contributed by atoms with Crippen molar-refractivity contribution >= 4 is 15.7 Å². The zero-order chi connectivity index (χ0) is 9.52. The van der Waals surface area contributed by atoms with E-state index >= 15 is 0 Å². The van der Waals surface area contributed by atoms with Gasteiger partial charge in [-0.15, -0.1) is 0 Å². The fraction of sp³-hybridized carbons (Fsp3) is 1.00. The minimum atomic E-state index is -2.28. The molecule has 0 aromatic carbocycles. The Labute approximate surface area is 71.8 Å². The smallest absolute Gasteiger partial charge is 0.184 e. The molecule has 0 aromatic rings. The predicted octanol–water partition coefficient (Wildman–Crippen LogP) is -3.59. The number of rotatable bonds is 1. The lowest BCUT2D eigenvalue weighted by Gasteiger charge is -2.28. The third kappa shape index (κ3) is 1.65. The van der Waals surface area contributed by atoms with Gasteiger partial charge < -0.3 is 25.2 Å². The van der Waals surface area contributed by atoms with Crippen LogP contribution >= 0.6 is 0 Å². The second kappa shape index (κ2) is 3.01. The van der Waals surface area contributed by atoms with E-state index in [0.29, 0.717) is 0 Å². The summed E-state index contributed by atoms with van der Waals surface area (Å²) in [7, 11) is 9.96. The zero-order valence-corrected chi connectivity index (χ0v) is 6.16. The summed E-state index contributed by atoms with van der Waals surface area (Å²) in [6.45, 7) is 0. The number of aliphatic hydroxyl groups excluding tert-OH is 3. The minimum Gasteiger partial charge on any atom is -0.406 e. The third-order valence-electron chi connectivity index (χ3n) is 1.69. The van der Waals surface area contributed by atoms with E-state index in [2.05, 4.69) is 4.74 Å². The van der Waals surface area contributed by atoms with Crippen LogP contribution in [0.1, 0.15) is 0 Å². The van der Waals surface area contributed by atoms with E-state index in [-0.39, 0.29) is 0 Å². The van der Waals surface area contributed by atoms with Crippen molar-refractivity contribution in [1.29, 1.82) is 0 Å². The molecule has 1 saturated heterocycles. The number of ether oxygens (including phenoxy) is 1. The standard InChI is InChI=1S/C5H8B2O5/c6-5(7,11)3-1(8)2(9)4(10)12-3/h1-4,8-11H/t1?,2?,3-,4?/m0/s1. The molecule has 4 radical (unpaired) electrons. The Balaban J connectivity index is 2.71. The Bertz CT molecular complexity index is 170. The normalized spacial score (nSPS) is 43.3. The maximum atomic E-state index is 9.11. The molecule has 5 nitrogen and oxygen atoms in total. The summed E-state index contributed by atoms with van der Waals surface area (Å²) in [4.78, 5) is 0. The molecule has 1 rings (SSSR count). The van der Waals surface area contributed by atoms with Crippen LogP contribution in [0.15, 0.2) is 0 Å². The summed E-state index contributed by atoms with van der Waals surface area (Å²) >= 11 is 0. The van der Waals surface area contributed by atoms with Gasteiger partial charge in [0, 0.05) is 5.40 Å². The van der Waals surface area contributed by atoms with E-state index in [4.69, 9.17) is 36.1 Å². The molecule has 0 saturated carbocycles. The lowest BCUT2D eigenvalue weighted by molar-refractivity contribution is -0.142. The molecule has 0 bridgehead atoms. The van der Waals surface area contributed by atoms with Crippen LogP contribution in [-0.2, 0) is 4.74 Å². The predicted molar refractivity (Wildman–Crippen MR) is 39.4 cm³/mol. The average molecular weight is 170 g/mol. The van der Waals surface area contributed by atoms with Gasteiger partial charge in [-0.3, -0.25) is 0 Å². The van der Waals surface area contributed by atoms with E-state index in [1.165, 1.54) is 0 Å². The van der Waals surface area contributed by atoms with Crippen LogP contribution in [0, 0.1) is 0 Å². The Morgan fingerprint density at radius 3 is 1.75 bits per heavy atom. The highest BCUT2D eigenvalue weighted by molar-refractivity contribution is 6.39. The van der Waals surface area contributed by atoms with Crippen LogP contribution in [0.4, 0.5) is 0 Å². The molecule has 1 heterocycles. The average Bonchev–Trinajstić information content (AvgIpc) is 2.15. The van der Waals surface area contributed by atoms with Crippen molar-refractivity contribution in [3.63, 3.8) is 0 Å². The summed E-state index contributed by atoms with van der Waals surface area (Å²) in [5.41, 5.74) is 0. The van der Waals surface area contributed by atoms with Crippen molar-refractivity contribution < 1.29 is 25.2 Å². The highest BCUT2D eigenvalue weighted by atomic mass is 16.6. The Morgan fingerprint density at radius 2 is 1.58 bits per heavy atom. The Hall–Kier alpha value is -0.0701. The van der Waals surface area contributed by atoms with E-state index in [9.17, 15) is 0 Å². The van der Waals surface area contributed by atoms with Gasteiger partial charge in [0.05, 0.1) is 0 Å². The molecule has 0 aromatic heterocycles. The molecule has 1 aliphatic heterocycles. The second-order valence-corrected chi connectivity index (χ2v) is 2.82. The number of hydrogen-bond acceptors (Lipinski definition) is 5. The minimum absolute atomic E-state index is 1.40. The SMILES string of the molecule is [B]C([B])(O)[C@H]1OC(O)C(O)C1O. The molecule has 64 valence electrons. The Morgan fingerprint density at radius 1 is 1.08 bits per heavy atom. The molecule has 0 aliphatic carbocycles. The van der Waals surface area contributed by atoms with Gasteiger partial charge in [0.2, 0.25) is 0 Å². The van der Waals surface area contributed by atoms with E-state index in [1.54, 1.807) is 0 Å². The topological polar surface area (TPSA) is 90.2 Å². The maximum Gasteiger partial charge on any atom is 0.184 e. The van der Waals surface area contributed by atoms with Crippen molar-refractivity contribution in [3.8, 4) is 0 Å². The maximum absolute atomic E-state index is 9.11. The summed E-state index contributed by atoms with van der Waals surface area (Å²) < 4.78 is 4.51. The summed E-state index contributed by atoms with van der Waals surface area (Å²) in [5, 5.41) is 33.6. The third-order valence-corrected chi connectivity index (χ3v) is 1.69. The van der Waals surface area contributed by atoms with Crippen LogP contribution in [-0.4, -0.2) is 66.1 Å². The van der Waals surface area contributed by atoms with Crippen molar-refractivity contribution in [2.45, 2.75) is 30.0 Å². The van der Waals surface area contributed by atoms with Crippen molar-refractivity contribution in [3.05, 3.63) is 0 Å². The highest BCUT2D eigenvalue weighted by Gasteiger charge is 2.47. The van der Waals surface area contributed by atoms with Gasteiger partial charge in [-0.2, -0.15) is 0 Å². The van der Waals surface area contributed by atoms with Crippen LogP contribution in [0.2, 0.25) is 0 Å². The van der Waals surface area contributed by atoms with E-state index in [0.717, 1.165) is 0 Å².